The summed E-state index contributed by atoms with van der Waals surface area (Å²) < 4.78 is 14.6. The van der Waals surface area contributed by atoms with Gasteiger partial charge in [-0.2, -0.15) is 5.26 Å². The number of hydrogen-bond acceptors (Lipinski definition) is 7. The number of hydrogen-bond donors (Lipinski definition) is 1. The highest BCUT2D eigenvalue weighted by atomic mass is 19.1. The summed E-state index contributed by atoms with van der Waals surface area (Å²) in [5.74, 6) is 0.537. The van der Waals surface area contributed by atoms with Gasteiger partial charge < -0.3 is 10.0 Å². The molecule has 2 saturated heterocycles. The van der Waals surface area contributed by atoms with Crippen molar-refractivity contribution < 1.29 is 14.3 Å². The van der Waals surface area contributed by atoms with Crippen LogP contribution in [0.2, 0.25) is 0 Å². The number of carbonyl (C=O) groups excluding carboxylic acids is 1. The zero-order chi connectivity index (χ0) is 23.4. The second-order valence-corrected chi connectivity index (χ2v) is 9.65. The Morgan fingerprint density at radius 2 is 2.15 bits per heavy atom. The Kier molecular flexibility index (Phi) is 7.51. The summed E-state index contributed by atoms with van der Waals surface area (Å²) in [5.41, 5.74) is 1.86. The predicted octanol–water partition coefficient (Wildman–Crippen LogP) is 2.97. The highest BCUT2D eigenvalue weighted by molar-refractivity contribution is 5.93. The van der Waals surface area contributed by atoms with E-state index in [2.05, 4.69) is 27.9 Å². The predicted molar refractivity (Wildman–Crippen MR) is 125 cm³/mol. The van der Waals surface area contributed by atoms with Crippen LogP contribution in [-0.4, -0.2) is 71.3 Å². The van der Waals surface area contributed by atoms with Crippen molar-refractivity contribution in [2.75, 3.05) is 44.2 Å². The molecule has 7 nitrogen and oxygen atoms in total. The van der Waals surface area contributed by atoms with Gasteiger partial charge in [0.05, 0.1) is 18.5 Å². The lowest BCUT2D eigenvalue weighted by Gasteiger charge is -2.38. The molecule has 0 amide bonds. The van der Waals surface area contributed by atoms with Crippen molar-refractivity contribution in [1.29, 1.82) is 5.26 Å². The van der Waals surface area contributed by atoms with Crippen LogP contribution in [0.3, 0.4) is 0 Å². The number of nitriles is 1. The van der Waals surface area contributed by atoms with E-state index < -0.39 is 6.17 Å². The van der Waals surface area contributed by atoms with Crippen LogP contribution in [0.5, 0.6) is 0 Å². The normalized spacial score (nSPS) is 26.3. The first-order valence-corrected chi connectivity index (χ1v) is 11.9. The molecule has 0 aliphatic carbocycles. The zero-order valence-electron chi connectivity index (χ0n) is 19.2. The molecule has 2 aromatic rings. The number of aromatic nitrogens is 2. The summed E-state index contributed by atoms with van der Waals surface area (Å²) in [6, 6.07) is 5.94. The smallest absolute Gasteiger partial charge is 0.166 e. The molecule has 2 aliphatic heterocycles. The summed E-state index contributed by atoms with van der Waals surface area (Å²) in [6.07, 6.45) is 4.79. The van der Waals surface area contributed by atoms with Crippen molar-refractivity contribution in [3.63, 3.8) is 0 Å². The van der Waals surface area contributed by atoms with Gasteiger partial charge >= 0.3 is 0 Å². The van der Waals surface area contributed by atoms with Gasteiger partial charge in [-0.1, -0.05) is 6.92 Å². The number of β-amino-alcohol motifs (C(OH)–C–C–N with tert-alkyl or cyclic N) is 1. The molecule has 0 radical (unpaired) electrons. The molecule has 2 aromatic heterocycles. The van der Waals surface area contributed by atoms with Gasteiger partial charge in [0, 0.05) is 50.6 Å². The summed E-state index contributed by atoms with van der Waals surface area (Å²) in [4.78, 5) is 25.8. The Hall–Kier alpha value is -2.63. The minimum absolute atomic E-state index is 0.0345. The maximum Gasteiger partial charge on any atom is 0.166 e. The van der Waals surface area contributed by atoms with Gasteiger partial charge in [-0.15, -0.1) is 0 Å². The molecule has 0 saturated carbocycles. The van der Waals surface area contributed by atoms with Crippen molar-refractivity contribution in [1.82, 2.24) is 14.9 Å². The van der Waals surface area contributed by atoms with Crippen LogP contribution >= 0.6 is 0 Å². The third-order valence-corrected chi connectivity index (χ3v) is 7.00. The lowest BCUT2D eigenvalue weighted by atomic mass is 9.83. The first kappa shape index (κ1) is 23.5. The van der Waals surface area contributed by atoms with Crippen LogP contribution in [0.25, 0.3) is 10.9 Å². The Labute approximate surface area is 194 Å². The van der Waals surface area contributed by atoms with Gasteiger partial charge in [0.25, 0.3) is 0 Å². The molecule has 4 heterocycles. The third-order valence-electron chi connectivity index (χ3n) is 7.00. The van der Waals surface area contributed by atoms with Crippen molar-refractivity contribution in [2.45, 2.75) is 38.8 Å². The maximum atomic E-state index is 14.6. The quantitative estimate of drug-likeness (QED) is 0.689. The summed E-state index contributed by atoms with van der Waals surface area (Å²) in [5, 5.41) is 19.3. The lowest BCUT2D eigenvalue weighted by molar-refractivity contribution is -0.122. The van der Waals surface area contributed by atoms with Crippen LogP contribution in [0.1, 0.15) is 38.3 Å². The number of rotatable bonds is 7. The second kappa shape index (κ2) is 10.5. The van der Waals surface area contributed by atoms with Gasteiger partial charge in [0.15, 0.2) is 5.69 Å². The molecule has 33 heavy (non-hydrogen) atoms. The highest BCUT2D eigenvalue weighted by Crippen LogP contribution is 2.33. The lowest BCUT2D eigenvalue weighted by Crippen LogP contribution is -2.44. The molecule has 0 aromatic carbocycles. The largest absolute Gasteiger partial charge is 0.395 e. The van der Waals surface area contributed by atoms with E-state index in [9.17, 15) is 14.4 Å². The van der Waals surface area contributed by atoms with Crippen LogP contribution in [0.15, 0.2) is 24.5 Å². The van der Waals surface area contributed by atoms with Crippen LogP contribution in [0, 0.1) is 29.1 Å². The van der Waals surface area contributed by atoms with Crippen LogP contribution in [-0.2, 0) is 4.79 Å². The average Bonchev–Trinajstić information content (AvgIpc) is 2.80. The van der Waals surface area contributed by atoms with Crippen molar-refractivity contribution >= 4 is 22.4 Å². The van der Waals surface area contributed by atoms with E-state index in [1.54, 1.807) is 12.4 Å². The fraction of sp³-hybridized carbons (Fsp3) is 0.600. The number of aliphatic hydroxyl groups is 1. The first-order chi connectivity index (χ1) is 16.0. The Balaban J connectivity index is 1.41. The van der Waals surface area contributed by atoms with E-state index in [-0.39, 0.29) is 24.2 Å². The van der Waals surface area contributed by atoms with E-state index >= 15 is 0 Å². The van der Waals surface area contributed by atoms with E-state index in [4.69, 9.17) is 5.11 Å². The topological polar surface area (TPSA) is 93.4 Å². The molecule has 2 aliphatic rings. The molecule has 1 N–H and O–H groups in total. The number of fused-ring (bicyclic) bond motifs is 1. The standard InChI is InChI=1S/C25H32FN5O2/c1-17-9-18(10-20(33)11-19-4-6-30(7-8-32)16-22(19)26)15-31(14-17)24-13-29-23(12-27)25-21(24)3-2-5-28-25/h2-3,5,13,17-19,22,32H,4,6-11,14-16H2,1H3/t17-,18-,19?,22?/m0/s1. The average molecular weight is 454 g/mol. The minimum Gasteiger partial charge on any atom is -0.395 e. The van der Waals surface area contributed by atoms with E-state index in [1.807, 2.05) is 17.0 Å². The zero-order valence-corrected chi connectivity index (χ0v) is 19.2. The Morgan fingerprint density at radius 3 is 2.91 bits per heavy atom. The SMILES string of the molecule is C[C@H]1C[C@@H](CC(=O)CC2CCN(CCO)CC2F)CN(c2cnc(C#N)c3ncccc23)C1. The number of anilines is 1. The van der Waals surface area contributed by atoms with Gasteiger partial charge in [-0.05, 0) is 49.3 Å². The molecule has 2 fully saturated rings. The number of nitrogens with zero attached hydrogens (tertiary/aromatic N) is 5. The number of likely N-dealkylation sites (tertiary alicyclic amines) is 1. The van der Waals surface area contributed by atoms with Crippen LogP contribution in [0.4, 0.5) is 10.1 Å². The number of Topliss-reactive ketones (excluding diaryl/α,β-unsaturated/α-hetero) is 1. The summed E-state index contributed by atoms with van der Waals surface area (Å²) >= 11 is 0. The highest BCUT2D eigenvalue weighted by Gasteiger charge is 2.32. The third kappa shape index (κ3) is 5.48. The van der Waals surface area contributed by atoms with Gasteiger partial charge in [-0.3, -0.25) is 14.7 Å². The molecule has 2 unspecified atom stereocenters. The number of aliphatic hydroxyl groups excluding tert-OH is 1. The van der Waals surface area contributed by atoms with E-state index in [0.717, 1.165) is 37.1 Å². The number of ketones is 1. The molecule has 0 spiro atoms. The van der Waals surface area contributed by atoms with E-state index in [0.29, 0.717) is 49.5 Å². The monoisotopic (exact) mass is 453 g/mol. The van der Waals surface area contributed by atoms with Gasteiger partial charge in [0.1, 0.15) is 23.5 Å². The molecule has 4 rings (SSSR count). The fourth-order valence-corrected chi connectivity index (χ4v) is 5.50. The Morgan fingerprint density at radius 1 is 1.30 bits per heavy atom. The van der Waals surface area contributed by atoms with Gasteiger partial charge in [-0.25, -0.2) is 9.37 Å². The summed E-state index contributed by atoms with van der Waals surface area (Å²) in [7, 11) is 0. The molecule has 176 valence electrons. The first-order valence-electron chi connectivity index (χ1n) is 11.9. The van der Waals surface area contributed by atoms with Gasteiger partial charge in [0.2, 0.25) is 0 Å². The summed E-state index contributed by atoms with van der Waals surface area (Å²) in [6.45, 7) is 5.35. The molecular formula is C25H32FN5O2. The number of piperidine rings is 2. The van der Waals surface area contributed by atoms with Crippen LogP contribution < -0.4 is 4.90 Å². The van der Waals surface area contributed by atoms with Crippen molar-refractivity contribution in [2.24, 2.45) is 17.8 Å². The second-order valence-electron chi connectivity index (χ2n) is 9.65. The molecular weight excluding hydrogens is 421 g/mol. The fourth-order valence-electron chi connectivity index (χ4n) is 5.50. The van der Waals surface area contributed by atoms with Crippen molar-refractivity contribution in [3.05, 3.63) is 30.2 Å². The van der Waals surface area contributed by atoms with E-state index in [1.165, 1.54) is 0 Å². The Bertz CT molecular complexity index is 1030. The van der Waals surface area contributed by atoms with Crippen molar-refractivity contribution in [3.8, 4) is 6.07 Å². The molecule has 4 atom stereocenters. The molecule has 8 heteroatoms. The maximum absolute atomic E-state index is 14.6. The number of pyridine rings is 2. The number of alkyl halides is 1. The number of halogens is 1. The number of carbonyl (C=O) groups is 1. The minimum atomic E-state index is -1.01. The molecule has 0 bridgehead atoms.